The van der Waals surface area contributed by atoms with E-state index in [0.717, 1.165) is 7.11 Å². The van der Waals surface area contributed by atoms with Crippen molar-refractivity contribution in [1.82, 2.24) is 0 Å². The molecule has 0 saturated heterocycles. The largest absolute Gasteiger partial charge is 0.483 e. The van der Waals surface area contributed by atoms with E-state index in [1.54, 1.807) is 0 Å². The van der Waals surface area contributed by atoms with Crippen LogP contribution in [0.5, 0.6) is 0 Å². The van der Waals surface area contributed by atoms with Gasteiger partial charge in [-0.05, 0) is 0 Å². The Morgan fingerprint density at radius 2 is 1.12 bits per heavy atom. The van der Waals surface area contributed by atoms with Crippen molar-refractivity contribution in [2.75, 3.05) is 7.11 Å². The van der Waals surface area contributed by atoms with Crippen LogP contribution in [0.1, 0.15) is 0 Å². The van der Waals surface area contributed by atoms with Crippen molar-refractivity contribution >= 4 is 6.47 Å². The molecular weight excluding hydrogens is 120 g/mol. The number of hydrogen-bond acceptors (Lipinski definition) is 2. The molecular formula is C2H12O6. The van der Waals surface area contributed by atoms with Crippen molar-refractivity contribution < 1.29 is 31.4 Å². The molecule has 0 aromatic heterocycles. The molecule has 0 aliphatic heterocycles. The van der Waals surface area contributed by atoms with Gasteiger partial charge in [-0.3, -0.25) is 4.79 Å². The number of aliphatic hydroxyl groups is 1. The third kappa shape index (κ3) is 207. The fraction of sp³-hybridized carbons (Fsp3) is 0.500. The number of carbonyl (C=O) groups is 1. The molecule has 0 heterocycles. The Bertz CT molecular complexity index is 14.0. The van der Waals surface area contributed by atoms with E-state index in [9.17, 15) is 0 Å². The predicted octanol–water partition coefficient (Wildman–Crippen LogP) is -3.16. The predicted molar refractivity (Wildman–Crippen MR) is 27.7 cm³/mol. The summed E-state index contributed by atoms with van der Waals surface area (Å²) in [6.07, 6.45) is 0. The van der Waals surface area contributed by atoms with Gasteiger partial charge >= 0.3 is 0 Å². The van der Waals surface area contributed by atoms with E-state index in [1.807, 2.05) is 0 Å². The second-order valence-electron chi connectivity index (χ2n) is 0.105. The first-order chi connectivity index (χ1) is 2.41. The Morgan fingerprint density at radius 3 is 1.12 bits per heavy atom. The van der Waals surface area contributed by atoms with Gasteiger partial charge in [0, 0.05) is 7.11 Å². The van der Waals surface area contributed by atoms with Crippen LogP contribution < -0.4 is 0 Å². The van der Waals surface area contributed by atoms with Gasteiger partial charge in [-0.15, -0.1) is 0 Å². The van der Waals surface area contributed by atoms with Crippen LogP contribution in [0.4, 0.5) is 0 Å². The highest BCUT2D eigenvalue weighted by molar-refractivity contribution is 5.32. The van der Waals surface area contributed by atoms with Crippen LogP contribution in [-0.2, 0) is 4.79 Å². The minimum absolute atomic E-state index is 0. The monoisotopic (exact) mass is 132 g/mol. The van der Waals surface area contributed by atoms with Gasteiger partial charge in [-0.25, -0.2) is 0 Å². The van der Waals surface area contributed by atoms with Crippen molar-refractivity contribution in [3.05, 3.63) is 0 Å². The molecule has 0 saturated carbocycles. The van der Waals surface area contributed by atoms with Crippen molar-refractivity contribution in [1.29, 1.82) is 0 Å². The molecule has 56 valence electrons. The molecule has 0 unspecified atom stereocenters. The molecule has 0 amide bonds. The van der Waals surface area contributed by atoms with Gasteiger partial charge in [0.1, 0.15) is 0 Å². The summed E-state index contributed by atoms with van der Waals surface area (Å²) in [5.74, 6) is 0. The standard InChI is InChI=1S/CH2O2.CH4O.3H2O/c2-1-3;1-2;;;/h1H,(H,2,3);2H,1H3;3*1H2. The molecule has 0 rings (SSSR count). The van der Waals surface area contributed by atoms with Gasteiger partial charge in [0.2, 0.25) is 0 Å². The molecule has 0 atom stereocenters. The maximum Gasteiger partial charge on any atom is 0.290 e. The second kappa shape index (κ2) is 1850. The zero-order chi connectivity index (χ0) is 4.71. The highest BCUT2D eigenvalue weighted by Gasteiger charge is 1.22. The van der Waals surface area contributed by atoms with Crippen molar-refractivity contribution in [3.63, 3.8) is 0 Å². The van der Waals surface area contributed by atoms with E-state index < -0.39 is 0 Å². The summed E-state index contributed by atoms with van der Waals surface area (Å²) in [6, 6.07) is 0. The van der Waals surface area contributed by atoms with Gasteiger partial charge in [0.25, 0.3) is 6.47 Å². The van der Waals surface area contributed by atoms with Gasteiger partial charge in [-0.2, -0.15) is 0 Å². The quantitative estimate of drug-likeness (QED) is 0.334. The topological polar surface area (TPSA) is 152 Å². The second-order valence-corrected chi connectivity index (χ2v) is 0.105. The first-order valence-electron chi connectivity index (χ1n) is 0.941. The Hall–Kier alpha value is -0.690. The highest BCUT2D eigenvalue weighted by Crippen LogP contribution is 0.966. The first-order valence-corrected chi connectivity index (χ1v) is 0.941. The summed E-state index contributed by atoms with van der Waals surface area (Å²) < 4.78 is 0. The zero-order valence-electron chi connectivity index (χ0n) is 4.38. The summed E-state index contributed by atoms with van der Waals surface area (Å²) in [7, 11) is 1.00. The normalized spacial score (nSPS) is 2.25. The lowest BCUT2D eigenvalue weighted by atomic mass is 11.7. The smallest absolute Gasteiger partial charge is 0.290 e. The molecule has 6 heteroatoms. The average Bonchev–Trinajstić information content (AvgIpc) is 1.46. The van der Waals surface area contributed by atoms with Crippen LogP contribution in [0.25, 0.3) is 0 Å². The van der Waals surface area contributed by atoms with Gasteiger partial charge in [0.05, 0.1) is 0 Å². The third-order valence-electron chi connectivity index (χ3n) is 0. The maximum absolute atomic E-state index is 8.36. The average molecular weight is 132 g/mol. The lowest BCUT2D eigenvalue weighted by Gasteiger charge is -1.34. The third-order valence-corrected chi connectivity index (χ3v) is 0. The Kier molecular flexibility index (Phi) is 12600. The Labute approximate surface area is 46.3 Å². The molecule has 0 aliphatic rings. The molecule has 0 spiro atoms. The lowest BCUT2D eigenvalue weighted by Crippen LogP contribution is -1.49. The number of aliphatic hydroxyl groups excluding tert-OH is 1. The van der Waals surface area contributed by atoms with Crippen LogP contribution in [0.15, 0.2) is 0 Å². The van der Waals surface area contributed by atoms with Crippen LogP contribution >= 0.6 is 0 Å². The number of rotatable bonds is 0. The van der Waals surface area contributed by atoms with Gasteiger partial charge in [-0.1, -0.05) is 0 Å². The maximum atomic E-state index is 8.36. The van der Waals surface area contributed by atoms with Crippen molar-refractivity contribution in [2.45, 2.75) is 0 Å². The number of carboxylic acid groups (broad SMARTS) is 1. The minimum atomic E-state index is -0.250. The van der Waals surface area contributed by atoms with E-state index in [2.05, 4.69) is 0 Å². The van der Waals surface area contributed by atoms with Gasteiger partial charge in [0.15, 0.2) is 0 Å². The van der Waals surface area contributed by atoms with Crippen LogP contribution in [0.3, 0.4) is 0 Å². The summed E-state index contributed by atoms with van der Waals surface area (Å²) in [5.41, 5.74) is 0. The van der Waals surface area contributed by atoms with E-state index in [0.29, 0.717) is 0 Å². The molecule has 8 heavy (non-hydrogen) atoms. The molecule has 0 aromatic rings. The van der Waals surface area contributed by atoms with Crippen molar-refractivity contribution in [2.24, 2.45) is 0 Å². The Morgan fingerprint density at radius 1 is 1.12 bits per heavy atom. The molecule has 0 bridgehead atoms. The van der Waals surface area contributed by atoms with Crippen LogP contribution in [0.2, 0.25) is 0 Å². The fourth-order valence-electron chi connectivity index (χ4n) is 0. The first kappa shape index (κ1) is 54.5. The zero-order valence-corrected chi connectivity index (χ0v) is 4.38. The molecule has 0 aliphatic carbocycles. The fourth-order valence-corrected chi connectivity index (χ4v) is 0. The molecule has 0 aromatic carbocycles. The summed E-state index contributed by atoms with van der Waals surface area (Å²) in [5, 5.41) is 13.9. The summed E-state index contributed by atoms with van der Waals surface area (Å²) in [6.45, 7) is -0.250. The molecule has 8 N–H and O–H groups in total. The van der Waals surface area contributed by atoms with Gasteiger partial charge < -0.3 is 26.6 Å². The summed E-state index contributed by atoms with van der Waals surface area (Å²) >= 11 is 0. The minimum Gasteiger partial charge on any atom is -0.483 e. The summed E-state index contributed by atoms with van der Waals surface area (Å²) in [4.78, 5) is 8.36. The number of hydrogen-bond donors (Lipinski definition) is 2. The van der Waals surface area contributed by atoms with E-state index in [4.69, 9.17) is 15.0 Å². The van der Waals surface area contributed by atoms with Crippen LogP contribution in [0, 0.1) is 0 Å². The lowest BCUT2D eigenvalue weighted by molar-refractivity contribution is -0.122. The van der Waals surface area contributed by atoms with E-state index in [-0.39, 0.29) is 22.9 Å². The highest BCUT2D eigenvalue weighted by atomic mass is 16.3. The van der Waals surface area contributed by atoms with E-state index >= 15 is 0 Å². The van der Waals surface area contributed by atoms with E-state index in [1.165, 1.54) is 0 Å². The SMILES string of the molecule is CO.O.O.O.O=CO. The molecule has 0 fully saturated rings. The van der Waals surface area contributed by atoms with Crippen molar-refractivity contribution in [3.8, 4) is 0 Å². The molecule has 6 nitrogen and oxygen atoms in total. The molecule has 0 radical (unpaired) electrons. The Balaban J connectivity index is -0.00000000567. The van der Waals surface area contributed by atoms with Crippen LogP contribution in [-0.4, -0.2) is 40.2 Å².